The number of hydrogen-bond donors (Lipinski definition) is 0. The molecular formula is C41H46N2+2. The molecule has 2 aliphatic rings. The van der Waals surface area contributed by atoms with Gasteiger partial charge in [-0.1, -0.05) is 64.1 Å². The minimum atomic E-state index is -0.372. The quantitative estimate of drug-likeness (QED) is 0.148. The van der Waals surface area contributed by atoms with Crippen LogP contribution in [0.15, 0.2) is 86.0 Å². The zero-order chi connectivity index (χ0) is 30.8. The van der Waals surface area contributed by atoms with Crippen molar-refractivity contribution in [1.82, 2.24) is 0 Å². The molecule has 0 bridgehead atoms. The fourth-order valence-electron chi connectivity index (χ4n) is 7.71. The highest BCUT2D eigenvalue weighted by molar-refractivity contribution is 6.58. The van der Waals surface area contributed by atoms with Crippen LogP contribution >= 0.6 is 0 Å². The molecule has 1 aliphatic heterocycles. The van der Waals surface area contributed by atoms with Crippen LogP contribution in [0.5, 0.6) is 0 Å². The van der Waals surface area contributed by atoms with Gasteiger partial charge in [-0.3, -0.25) is 0 Å². The largest absolute Gasteiger partial charge is 0.357 e. The Morgan fingerprint density at radius 1 is 0.674 bits per heavy atom. The van der Waals surface area contributed by atoms with Gasteiger partial charge in [-0.05, 0) is 91.4 Å². The molecule has 1 heterocycles. The molecule has 0 fully saturated rings. The summed E-state index contributed by atoms with van der Waals surface area (Å²) in [5.41, 5.74) is 15.7. The molecule has 0 atom stereocenters. The Bertz CT molecular complexity index is 1830. The molecule has 0 N–H and O–H groups in total. The molecule has 0 amide bonds. The van der Waals surface area contributed by atoms with Crippen molar-refractivity contribution in [2.45, 2.75) is 85.7 Å². The summed E-state index contributed by atoms with van der Waals surface area (Å²) in [6.07, 6.45) is 5.79. The third-order valence-corrected chi connectivity index (χ3v) is 9.41. The molecule has 43 heavy (non-hydrogen) atoms. The smallest absolute Gasteiger partial charge is 0.121 e. The van der Waals surface area contributed by atoms with Gasteiger partial charge in [0.25, 0.3) is 11.4 Å². The van der Waals surface area contributed by atoms with Gasteiger partial charge in [-0.15, -0.1) is 22.3 Å². The van der Waals surface area contributed by atoms with Crippen LogP contribution in [0.4, 0.5) is 11.4 Å². The summed E-state index contributed by atoms with van der Waals surface area (Å²) >= 11 is 0. The first kappa shape index (κ1) is 29.1. The van der Waals surface area contributed by atoms with Gasteiger partial charge in [-0.2, -0.15) is 0 Å². The highest BCUT2D eigenvalue weighted by Gasteiger charge is 2.61. The second-order valence-electron chi connectivity index (χ2n) is 13.6. The molecule has 6 rings (SSSR count). The monoisotopic (exact) mass is 566 g/mol. The molecule has 1 aliphatic carbocycles. The maximum Gasteiger partial charge on any atom is 0.357 e. The van der Waals surface area contributed by atoms with E-state index in [-0.39, 0.29) is 5.66 Å². The SMILES string of the molecule is C=CCc1cc(C)c([N+]2=C3C(=[N+](c4c(C(C)C)cc(CC=C)cc4C(C)C)C2(C)C)c2cccc4cccc3c24)c(C)c1. The number of aryl methyl sites for hydroxylation is 2. The average Bonchev–Trinajstić information content (AvgIpc) is 3.38. The topological polar surface area (TPSA) is 6.02 Å². The lowest BCUT2D eigenvalue weighted by atomic mass is 9.88. The van der Waals surface area contributed by atoms with Crippen LogP contribution in [-0.2, 0) is 12.8 Å². The lowest BCUT2D eigenvalue weighted by Gasteiger charge is -2.24. The van der Waals surface area contributed by atoms with Gasteiger partial charge < -0.3 is 0 Å². The Hall–Kier alpha value is -4.04. The van der Waals surface area contributed by atoms with Crippen LogP contribution in [0.25, 0.3) is 10.8 Å². The van der Waals surface area contributed by atoms with Gasteiger partial charge in [0.2, 0.25) is 11.4 Å². The summed E-state index contributed by atoms with van der Waals surface area (Å²) in [7, 11) is 0. The maximum atomic E-state index is 4.06. The maximum absolute atomic E-state index is 4.06. The molecule has 0 unspecified atom stereocenters. The summed E-state index contributed by atoms with van der Waals surface area (Å²) in [4.78, 5) is 0. The first-order chi connectivity index (χ1) is 20.5. The zero-order valence-electron chi connectivity index (χ0n) is 27.3. The predicted octanol–water partition coefficient (Wildman–Crippen LogP) is 10.2. The number of benzene rings is 4. The fraction of sp³-hybridized carbons (Fsp3) is 0.317. The summed E-state index contributed by atoms with van der Waals surface area (Å²) in [6, 6.07) is 23.2. The highest BCUT2D eigenvalue weighted by atomic mass is 15.4. The van der Waals surface area contributed by atoms with E-state index >= 15 is 0 Å². The number of allylic oxidation sites excluding steroid dienone is 2. The zero-order valence-corrected chi connectivity index (χ0v) is 27.3. The first-order valence-corrected chi connectivity index (χ1v) is 15.9. The molecule has 0 spiro atoms. The summed E-state index contributed by atoms with van der Waals surface area (Å²) in [5, 5.41) is 2.66. The molecule has 4 aromatic rings. The van der Waals surface area contributed by atoms with Gasteiger partial charge in [0.15, 0.2) is 0 Å². The van der Waals surface area contributed by atoms with E-state index in [0.717, 1.165) is 12.8 Å². The summed E-state index contributed by atoms with van der Waals surface area (Å²) < 4.78 is 5.36. The van der Waals surface area contributed by atoms with Crippen molar-refractivity contribution < 1.29 is 9.15 Å². The van der Waals surface area contributed by atoms with E-state index in [9.17, 15) is 0 Å². The van der Waals surface area contributed by atoms with E-state index in [0.29, 0.717) is 11.8 Å². The third-order valence-electron chi connectivity index (χ3n) is 9.41. The van der Waals surface area contributed by atoms with Crippen LogP contribution in [0, 0.1) is 13.8 Å². The second kappa shape index (κ2) is 10.6. The third kappa shape index (κ3) is 4.37. The van der Waals surface area contributed by atoms with Gasteiger partial charge in [0.1, 0.15) is 0 Å². The average molecular weight is 567 g/mol. The van der Waals surface area contributed by atoms with Crippen molar-refractivity contribution in [1.29, 1.82) is 0 Å². The van der Waals surface area contributed by atoms with Crippen molar-refractivity contribution in [2.24, 2.45) is 0 Å². The van der Waals surface area contributed by atoms with E-state index in [1.807, 2.05) is 12.2 Å². The number of fused-ring (bicyclic) bond motifs is 3. The molecule has 0 saturated heterocycles. The molecular weight excluding hydrogens is 520 g/mol. The van der Waals surface area contributed by atoms with E-state index < -0.39 is 0 Å². The highest BCUT2D eigenvalue weighted by Crippen LogP contribution is 2.47. The van der Waals surface area contributed by atoms with Gasteiger partial charge >= 0.3 is 5.66 Å². The van der Waals surface area contributed by atoms with E-state index in [1.54, 1.807) is 0 Å². The van der Waals surface area contributed by atoms with Crippen LogP contribution in [-0.4, -0.2) is 26.2 Å². The standard InChI is InChI=1S/C41H46N2/c1-11-15-29-21-27(7)37(28(8)22-29)42-39-32-19-13-17-31-18-14-20-33(36(31)32)40(39)43(41(42,9)10)38-34(25(3)4)23-30(16-12-2)24-35(38)26(5)6/h11-14,17-26H,1-2,15-16H2,3-10H3/q+2. The molecule has 218 valence electrons. The van der Waals surface area contributed by atoms with E-state index in [1.165, 1.54) is 78.1 Å². The Kier molecular flexibility index (Phi) is 7.16. The molecule has 2 nitrogen and oxygen atoms in total. The van der Waals surface area contributed by atoms with Crippen molar-refractivity contribution in [3.05, 3.63) is 130 Å². The van der Waals surface area contributed by atoms with Crippen LogP contribution in [0.1, 0.15) is 97.9 Å². The molecule has 0 aromatic heterocycles. The van der Waals surface area contributed by atoms with E-state index in [4.69, 9.17) is 0 Å². The Labute approximate surface area is 258 Å². The lowest BCUT2D eigenvalue weighted by molar-refractivity contribution is -0.740. The molecule has 0 saturated carbocycles. The number of rotatable bonds is 8. The predicted molar refractivity (Wildman–Crippen MR) is 184 cm³/mol. The van der Waals surface area contributed by atoms with Gasteiger partial charge in [-0.25, -0.2) is 0 Å². The minimum absolute atomic E-state index is 0.368. The molecule has 4 aromatic carbocycles. The normalized spacial score (nSPS) is 15.3. The molecule has 2 heteroatoms. The number of hydrogen-bond acceptors (Lipinski definition) is 0. The first-order valence-electron chi connectivity index (χ1n) is 15.9. The van der Waals surface area contributed by atoms with E-state index in [2.05, 4.69) is 138 Å². The number of nitrogens with zero attached hydrogens (tertiary/aromatic N) is 2. The molecule has 0 radical (unpaired) electrons. The summed E-state index contributed by atoms with van der Waals surface area (Å²) in [6.45, 7) is 26.8. The van der Waals surface area contributed by atoms with Gasteiger partial charge in [0.05, 0.1) is 25.0 Å². The van der Waals surface area contributed by atoms with Crippen molar-refractivity contribution in [3.8, 4) is 0 Å². The van der Waals surface area contributed by atoms with Crippen molar-refractivity contribution in [3.63, 3.8) is 0 Å². The Morgan fingerprint density at radius 3 is 1.56 bits per heavy atom. The fourth-order valence-corrected chi connectivity index (χ4v) is 7.71. The lowest BCUT2D eigenvalue weighted by Crippen LogP contribution is -2.41. The second-order valence-corrected chi connectivity index (χ2v) is 13.6. The Morgan fingerprint density at radius 2 is 1.12 bits per heavy atom. The van der Waals surface area contributed by atoms with Crippen molar-refractivity contribution >= 4 is 33.6 Å². The minimum Gasteiger partial charge on any atom is -0.121 e. The van der Waals surface area contributed by atoms with Crippen LogP contribution in [0.3, 0.4) is 0 Å². The van der Waals surface area contributed by atoms with Crippen LogP contribution < -0.4 is 0 Å². The van der Waals surface area contributed by atoms with Crippen LogP contribution in [0.2, 0.25) is 0 Å². The van der Waals surface area contributed by atoms with Crippen molar-refractivity contribution in [2.75, 3.05) is 0 Å². The van der Waals surface area contributed by atoms with Gasteiger partial charge in [0, 0.05) is 27.6 Å². The Balaban J connectivity index is 1.78. The summed E-state index contributed by atoms with van der Waals surface area (Å²) in [5.74, 6) is 0.736.